The van der Waals surface area contributed by atoms with Gasteiger partial charge in [0.05, 0.1) is 16.0 Å². The van der Waals surface area contributed by atoms with Crippen molar-refractivity contribution in [1.29, 1.82) is 0 Å². The highest BCUT2D eigenvalue weighted by atomic mass is 32.1. The second-order valence-electron chi connectivity index (χ2n) is 6.01. The molecule has 0 unspecified atom stereocenters. The fourth-order valence-electron chi connectivity index (χ4n) is 3.00. The molecule has 3 aromatic heterocycles. The maximum absolute atomic E-state index is 11.7. The molecule has 4 rings (SSSR count). The summed E-state index contributed by atoms with van der Waals surface area (Å²) in [7, 11) is 0. The van der Waals surface area contributed by atoms with Crippen molar-refractivity contribution >= 4 is 34.1 Å². The Labute approximate surface area is 155 Å². The number of aromatic amines is 1. The van der Waals surface area contributed by atoms with E-state index in [1.165, 1.54) is 12.4 Å². The molecule has 0 saturated carbocycles. The van der Waals surface area contributed by atoms with Gasteiger partial charge in [0.15, 0.2) is 0 Å². The predicted molar refractivity (Wildman–Crippen MR) is 103 cm³/mol. The number of anilines is 1. The Bertz CT molecular complexity index is 1010. The van der Waals surface area contributed by atoms with Crippen LogP contribution in [0.15, 0.2) is 42.6 Å². The third-order valence-electron chi connectivity index (χ3n) is 4.28. The van der Waals surface area contributed by atoms with E-state index < -0.39 is 0 Å². The zero-order valence-electron chi connectivity index (χ0n) is 14.0. The lowest BCUT2D eigenvalue weighted by molar-refractivity contribution is -0.125. The van der Waals surface area contributed by atoms with Crippen LogP contribution in [0.5, 0.6) is 0 Å². The van der Waals surface area contributed by atoms with Crippen LogP contribution in [-0.4, -0.2) is 44.9 Å². The Hall–Kier alpha value is -3.11. The summed E-state index contributed by atoms with van der Waals surface area (Å²) in [5, 5.41) is 6.33. The van der Waals surface area contributed by atoms with Gasteiger partial charge in [-0.2, -0.15) is 0 Å². The molecule has 4 heterocycles. The number of carbonyl (C=O) groups is 1. The summed E-state index contributed by atoms with van der Waals surface area (Å²) >= 11 is 1.61. The van der Waals surface area contributed by atoms with Crippen LogP contribution in [0.1, 0.15) is 17.0 Å². The molecule has 26 heavy (non-hydrogen) atoms. The van der Waals surface area contributed by atoms with Gasteiger partial charge in [0.1, 0.15) is 17.8 Å². The number of hydrogen-bond donors (Lipinski definition) is 2. The van der Waals surface area contributed by atoms with Gasteiger partial charge in [0, 0.05) is 19.1 Å². The molecule has 0 bridgehead atoms. The molecular weight excluding hydrogens is 346 g/mol. The number of aromatic nitrogens is 3. The fourth-order valence-corrected chi connectivity index (χ4v) is 3.57. The van der Waals surface area contributed by atoms with Crippen molar-refractivity contribution in [1.82, 2.24) is 19.9 Å². The van der Waals surface area contributed by atoms with Crippen molar-refractivity contribution in [2.24, 2.45) is 0 Å². The second kappa shape index (κ2) is 7.02. The average Bonchev–Trinajstić information content (AvgIpc) is 3.39. The van der Waals surface area contributed by atoms with Crippen LogP contribution in [0.3, 0.4) is 0 Å². The van der Waals surface area contributed by atoms with Crippen LogP contribution < -0.4 is 5.32 Å². The van der Waals surface area contributed by atoms with Crippen LogP contribution in [0.2, 0.25) is 0 Å². The molecule has 1 aliphatic rings. The summed E-state index contributed by atoms with van der Waals surface area (Å²) < 4.78 is 0. The van der Waals surface area contributed by atoms with E-state index in [-0.39, 0.29) is 11.9 Å². The summed E-state index contributed by atoms with van der Waals surface area (Å²) in [6, 6.07) is 6.09. The minimum atomic E-state index is -0.0325. The van der Waals surface area contributed by atoms with Gasteiger partial charge < -0.3 is 15.2 Å². The van der Waals surface area contributed by atoms with E-state index in [9.17, 15) is 4.79 Å². The molecule has 0 radical (unpaired) electrons. The number of fused-ring (bicyclic) bond motifs is 1. The normalized spacial score (nSPS) is 16.3. The first-order chi connectivity index (χ1) is 12.7. The highest BCUT2D eigenvalue weighted by Crippen LogP contribution is 2.23. The molecule has 2 N–H and O–H groups in total. The predicted octanol–water partition coefficient (Wildman–Crippen LogP) is 2.62. The molecular formula is C19H17N5OS. The van der Waals surface area contributed by atoms with Crippen LogP contribution in [-0.2, 0) is 4.79 Å². The van der Waals surface area contributed by atoms with Gasteiger partial charge >= 0.3 is 0 Å². The largest absolute Gasteiger partial charge is 0.365 e. The number of rotatable bonds is 3. The lowest BCUT2D eigenvalue weighted by Gasteiger charge is -2.15. The zero-order chi connectivity index (χ0) is 17.9. The highest BCUT2D eigenvalue weighted by molar-refractivity contribution is 7.10. The first-order valence-electron chi connectivity index (χ1n) is 8.30. The highest BCUT2D eigenvalue weighted by Gasteiger charge is 2.25. The molecule has 6 nitrogen and oxygen atoms in total. The number of likely N-dealkylation sites (tertiary alicyclic amines) is 1. The minimum absolute atomic E-state index is 0.0325. The van der Waals surface area contributed by atoms with Crippen LogP contribution in [0.25, 0.3) is 11.0 Å². The molecule has 1 aliphatic heterocycles. The Morgan fingerprint density at radius 1 is 1.46 bits per heavy atom. The maximum atomic E-state index is 11.7. The smallest absolute Gasteiger partial charge is 0.246 e. The Morgan fingerprint density at radius 3 is 3.19 bits per heavy atom. The zero-order valence-corrected chi connectivity index (χ0v) is 14.8. The molecule has 0 spiro atoms. The first kappa shape index (κ1) is 16.4. The number of nitrogens with one attached hydrogen (secondary N) is 2. The van der Waals surface area contributed by atoms with Crippen molar-refractivity contribution < 1.29 is 4.79 Å². The first-order valence-corrected chi connectivity index (χ1v) is 9.18. The van der Waals surface area contributed by atoms with Gasteiger partial charge in [-0.15, -0.1) is 11.3 Å². The minimum Gasteiger partial charge on any atom is -0.365 e. The Balaban J connectivity index is 1.55. The molecule has 1 saturated heterocycles. The van der Waals surface area contributed by atoms with E-state index in [0.29, 0.717) is 6.54 Å². The molecule has 1 amide bonds. The van der Waals surface area contributed by atoms with Gasteiger partial charge in [-0.1, -0.05) is 12.6 Å². The third kappa shape index (κ3) is 3.32. The Kier molecular flexibility index (Phi) is 4.42. The quantitative estimate of drug-likeness (QED) is 0.554. The van der Waals surface area contributed by atoms with Gasteiger partial charge in [-0.25, -0.2) is 9.97 Å². The van der Waals surface area contributed by atoms with Crippen molar-refractivity contribution in [3.8, 4) is 11.8 Å². The second-order valence-corrected chi connectivity index (χ2v) is 6.96. The van der Waals surface area contributed by atoms with Crippen LogP contribution in [0.4, 0.5) is 5.82 Å². The number of carbonyl (C=O) groups excluding carboxylic acids is 1. The molecule has 0 aliphatic carbocycles. The standard InChI is InChI=1S/C19H17N5OS/c1-2-17(25)24-8-7-14(11-24)23-19-16-10-13(22-18(16)20-12-21-19)5-6-15-4-3-9-26-15/h2-4,9-10,12,14H,1,7-8,11H2,(H2,20,21,22,23)/t14-/m1/s1. The van der Waals surface area contributed by atoms with Crippen molar-refractivity contribution in [2.45, 2.75) is 12.5 Å². The molecule has 0 aromatic carbocycles. The molecule has 1 fully saturated rings. The summed E-state index contributed by atoms with van der Waals surface area (Å²) in [5.74, 6) is 6.99. The molecule has 1 atom stereocenters. The number of thiophene rings is 1. The van der Waals surface area contributed by atoms with E-state index >= 15 is 0 Å². The lowest BCUT2D eigenvalue weighted by Crippen LogP contribution is -2.30. The summed E-state index contributed by atoms with van der Waals surface area (Å²) in [4.78, 5) is 26.4. The van der Waals surface area contributed by atoms with Gasteiger partial charge in [0.2, 0.25) is 5.91 Å². The fraction of sp³-hybridized carbons (Fsp3) is 0.211. The Morgan fingerprint density at radius 2 is 2.38 bits per heavy atom. The van der Waals surface area contributed by atoms with Crippen molar-refractivity contribution in [3.63, 3.8) is 0 Å². The maximum Gasteiger partial charge on any atom is 0.246 e. The average molecular weight is 363 g/mol. The third-order valence-corrected chi connectivity index (χ3v) is 5.07. The van der Waals surface area contributed by atoms with Gasteiger partial charge in [-0.3, -0.25) is 4.79 Å². The van der Waals surface area contributed by atoms with Gasteiger partial charge in [0.25, 0.3) is 0 Å². The summed E-state index contributed by atoms with van der Waals surface area (Å²) in [5.41, 5.74) is 1.54. The topological polar surface area (TPSA) is 73.9 Å². The monoisotopic (exact) mass is 363 g/mol. The molecule has 130 valence electrons. The van der Waals surface area contributed by atoms with Crippen molar-refractivity contribution in [3.05, 3.63) is 53.1 Å². The molecule has 3 aromatic rings. The number of nitrogens with zero attached hydrogens (tertiary/aromatic N) is 3. The summed E-state index contributed by atoms with van der Waals surface area (Å²) in [6.45, 7) is 4.91. The van der Waals surface area contributed by atoms with E-state index in [2.05, 4.69) is 38.7 Å². The van der Waals surface area contributed by atoms with E-state index in [0.717, 1.165) is 40.4 Å². The van der Waals surface area contributed by atoms with E-state index in [4.69, 9.17) is 0 Å². The van der Waals surface area contributed by atoms with Gasteiger partial charge in [-0.05, 0) is 41.9 Å². The number of H-pyrrole nitrogens is 1. The number of amides is 1. The van der Waals surface area contributed by atoms with Crippen LogP contribution in [0, 0.1) is 11.8 Å². The lowest BCUT2D eigenvalue weighted by atomic mass is 10.2. The van der Waals surface area contributed by atoms with E-state index in [1.54, 1.807) is 16.2 Å². The summed E-state index contributed by atoms with van der Waals surface area (Å²) in [6.07, 6.45) is 3.76. The number of hydrogen-bond acceptors (Lipinski definition) is 5. The SMILES string of the molecule is C=CC(=O)N1CC[C@@H](Nc2ncnc3[nH]c(C#Cc4cccs4)cc23)C1. The van der Waals surface area contributed by atoms with Crippen molar-refractivity contribution in [2.75, 3.05) is 18.4 Å². The molecule has 7 heteroatoms. The van der Waals surface area contributed by atoms with Crippen LogP contribution >= 0.6 is 11.3 Å². The van der Waals surface area contributed by atoms with E-state index in [1.807, 2.05) is 23.6 Å².